The van der Waals surface area contributed by atoms with Crippen LogP contribution in [-0.4, -0.2) is 13.0 Å². The lowest BCUT2D eigenvalue weighted by Gasteiger charge is -2.09. The van der Waals surface area contributed by atoms with Crippen molar-refractivity contribution in [2.45, 2.75) is 11.9 Å². The number of ether oxygens (including phenoxy) is 1. The molecule has 0 spiro atoms. The van der Waals surface area contributed by atoms with Gasteiger partial charge in [-0.3, -0.25) is 4.79 Å². The summed E-state index contributed by atoms with van der Waals surface area (Å²) < 4.78 is 5.18. The molecule has 0 unspecified atom stereocenters. The number of methoxy groups -OCH3 is 1. The summed E-state index contributed by atoms with van der Waals surface area (Å²) in [6.45, 7) is 0.499. The first-order valence-corrected chi connectivity index (χ1v) is 7.41. The first-order valence-electron chi connectivity index (χ1n) is 6.29. The van der Waals surface area contributed by atoms with Crippen molar-refractivity contribution in [2.24, 2.45) is 0 Å². The van der Waals surface area contributed by atoms with E-state index >= 15 is 0 Å². The minimum Gasteiger partial charge on any atom is -0.496 e. The topological polar surface area (TPSA) is 38.3 Å². The molecule has 0 radical (unpaired) electrons. The van der Waals surface area contributed by atoms with Gasteiger partial charge in [0, 0.05) is 11.9 Å². The minimum atomic E-state index is -0.132. The quantitative estimate of drug-likeness (QED) is 0.850. The summed E-state index contributed by atoms with van der Waals surface area (Å²) in [5, 5.41) is 3.73. The second-order valence-electron chi connectivity index (χ2n) is 4.33. The van der Waals surface area contributed by atoms with Crippen molar-refractivity contribution < 1.29 is 9.53 Å². The fourth-order valence-electron chi connectivity index (χ4n) is 1.86. The molecule has 0 heterocycles. The summed E-state index contributed by atoms with van der Waals surface area (Å²) in [5.74, 6) is 0.451. The molecule has 0 aliphatic rings. The molecule has 104 valence electrons. The third-order valence-electron chi connectivity index (χ3n) is 2.98. The molecule has 0 aliphatic carbocycles. The molecular formula is C16H16BrNO2. The number of amides is 1. The molecule has 0 saturated heterocycles. The van der Waals surface area contributed by atoms with Crippen molar-refractivity contribution in [3.05, 3.63) is 65.2 Å². The van der Waals surface area contributed by atoms with Crippen LogP contribution in [0, 0.1) is 0 Å². The van der Waals surface area contributed by atoms with Crippen LogP contribution < -0.4 is 10.1 Å². The van der Waals surface area contributed by atoms with Gasteiger partial charge in [0.1, 0.15) is 5.75 Å². The third-order valence-corrected chi connectivity index (χ3v) is 3.63. The third kappa shape index (κ3) is 3.61. The summed E-state index contributed by atoms with van der Waals surface area (Å²) in [6.07, 6.45) is 0. The van der Waals surface area contributed by atoms with Gasteiger partial charge >= 0.3 is 0 Å². The molecule has 0 aromatic heterocycles. The zero-order valence-corrected chi connectivity index (χ0v) is 12.8. The van der Waals surface area contributed by atoms with Crippen LogP contribution in [-0.2, 0) is 11.9 Å². The summed E-state index contributed by atoms with van der Waals surface area (Å²) in [5.41, 5.74) is 2.83. The molecule has 3 nitrogen and oxygen atoms in total. The van der Waals surface area contributed by atoms with Gasteiger partial charge in [-0.25, -0.2) is 0 Å². The predicted octanol–water partition coefficient (Wildman–Crippen LogP) is 3.52. The second-order valence-corrected chi connectivity index (χ2v) is 4.89. The number of halogens is 1. The van der Waals surface area contributed by atoms with E-state index in [4.69, 9.17) is 4.74 Å². The predicted molar refractivity (Wildman–Crippen MR) is 83.2 cm³/mol. The molecule has 2 aromatic carbocycles. The molecule has 2 aromatic rings. The van der Waals surface area contributed by atoms with E-state index in [-0.39, 0.29) is 5.91 Å². The number of benzene rings is 2. The molecule has 1 amide bonds. The van der Waals surface area contributed by atoms with Crippen LogP contribution in [0.5, 0.6) is 5.75 Å². The van der Waals surface area contributed by atoms with E-state index < -0.39 is 0 Å². The van der Waals surface area contributed by atoms with Crippen LogP contribution in [0.2, 0.25) is 0 Å². The Morgan fingerprint density at radius 2 is 1.75 bits per heavy atom. The van der Waals surface area contributed by atoms with Crippen molar-refractivity contribution in [3.8, 4) is 5.75 Å². The van der Waals surface area contributed by atoms with Crippen molar-refractivity contribution >= 4 is 21.8 Å². The Balaban J connectivity index is 2.01. The number of para-hydroxylation sites is 1. The highest BCUT2D eigenvalue weighted by molar-refractivity contribution is 9.08. The van der Waals surface area contributed by atoms with Crippen molar-refractivity contribution in [2.75, 3.05) is 7.11 Å². The average molecular weight is 334 g/mol. The largest absolute Gasteiger partial charge is 0.496 e. The maximum Gasteiger partial charge on any atom is 0.255 e. The first-order chi connectivity index (χ1) is 9.74. The molecule has 0 fully saturated rings. The zero-order valence-electron chi connectivity index (χ0n) is 11.2. The number of hydrogen-bond acceptors (Lipinski definition) is 2. The van der Waals surface area contributed by atoms with Gasteiger partial charge < -0.3 is 10.1 Å². The smallest absolute Gasteiger partial charge is 0.255 e. The molecule has 0 atom stereocenters. The van der Waals surface area contributed by atoms with Crippen molar-refractivity contribution in [1.29, 1.82) is 0 Å². The van der Waals surface area contributed by atoms with E-state index in [1.807, 2.05) is 36.4 Å². The lowest BCUT2D eigenvalue weighted by Crippen LogP contribution is -2.23. The highest BCUT2D eigenvalue weighted by Crippen LogP contribution is 2.17. The summed E-state index contributed by atoms with van der Waals surface area (Å²) >= 11 is 3.41. The Morgan fingerprint density at radius 1 is 1.10 bits per heavy atom. The van der Waals surface area contributed by atoms with E-state index in [9.17, 15) is 4.79 Å². The highest BCUT2D eigenvalue weighted by Gasteiger charge is 2.10. The molecule has 4 heteroatoms. The molecule has 20 heavy (non-hydrogen) atoms. The first kappa shape index (κ1) is 14.6. The molecule has 1 N–H and O–H groups in total. The molecule has 2 rings (SSSR count). The Bertz CT molecular complexity index is 581. The van der Waals surface area contributed by atoms with Gasteiger partial charge in [-0.05, 0) is 23.3 Å². The van der Waals surface area contributed by atoms with Crippen LogP contribution in [0.4, 0.5) is 0 Å². The summed E-state index contributed by atoms with van der Waals surface area (Å²) in [6, 6.07) is 15.3. The van der Waals surface area contributed by atoms with E-state index in [0.717, 1.165) is 10.9 Å². The molecule has 0 bridgehead atoms. The van der Waals surface area contributed by atoms with Gasteiger partial charge in [-0.15, -0.1) is 0 Å². The zero-order chi connectivity index (χ0) is 14.4. The van der Waals surface area contributed by atoms with Gasteiger partial charge in [0.05, 0.1) is 12.7 Å². The van der Waals surface area contributed by atoms with Gasteiger partial charge in [0.25, 0.3) is 5.91 Å². The fraction of sp³-hybridized carbons (Fsp3) is 0.188. The molecule has 0 saturated carbocycles. The van der Waals surface area contributed by atoms with Crippen LogP contribution in [0.3, 0.4) is 0 Å². The Labute approximate surface area is 127 Å². The highest BCUT2D eigenvalue weighted by atomic mass is 79.9. The van der Waals surface area contributed by atoms with Crippen LogP contribution in [0.15, 0.2) is 48.5 Å². The Kier molecular flexibility index (Phi) is 5.18. The lowest BCUT2D eigenvalue weighted by molar-refractivity contribution is 0.0948. The fourth-order valence-corrected chi connectivity index (χ4v) is 2.23. The number of hydrogen-bond donors (Lipinski definition) is 1. The minimum absolute atomic E-state index is 0.132. The van der Waals surface area contributed by atoms with Crippen LogP contribution >= 0.6 is 15.9 Å². The molecule has 0 aliphatic heterocycles. The second kappa shape index (κ2) is 7.10. The van der Waals surface area contributed by atoms with Crippen LogP contribution in [0.25, 0.3) is 0 Å². The van der Waals surface area contributed by atoms with Crippen LogP contribution in [0.1, 0.15) is 21.5 Å². The van der Waals surface area contributed by atoms with E-state index in [0.29, 0.717) is 17.9 Å². The number of nitrogens with one attached hydrogen (secondary N) is 1. The number of carbonyl (C=O) groups is 1. The Hall–Kier alpha value is -1.81. The summed E-state index contributed by atoms with van der Waals surface area (Å²) in [4.78, 5) is 12.1. The number of rotatable bonds is 5. The van der Waals surface area contributed by atoms with Crippen molar-refractivity contribution in [1.82, 2.24) is 5.32 Å². The maximum atomic E-state index is 12.1. The summed E-state index contributed by atoms with van der Waals surface area (Å²) in [7, 11) is 1.56. The number of alkyl halides is 1. The normalized spacial score (nSPS) is 10.1. The van der Waals surface area contributed by atoms with Gasteiger partial charge in [-0.2, -0.15) is 0 Å². The molecular weight excluding hydrogens is 318 g/mol. The number of carbonyl (C=O) groups excluding carboxylic acids is 1. The van der Waals surface area contributed by atoms with Gasteiger partial charge in [-0.1, -0.05) is 52.3 Å². The average Bonchev–Trinajstić information content (AvgIpc) is 2.53. The van der Waals surface area contributed by atoms with E-state index in [2.05, 4.69) is 21.2 Å². The van der Waals surface area contributed by atoms with Gasteiger partial charge in [0.2, 0.25) is 0 Å². The van der Waals surface area contributed by atoms with Crippen molar-refractivity contribution in [3.63, 3.8) is 0 Å². The SMILES string of the molecule is COc1ccccc1C(=O)NCc1ccc(CBr)cc1. The monoisotopic (exact) mass is 333 g/mol. The maximum absolute atomic E-state index is 12.1. The van der Waals surface area contributed by atoms with E-state index in [1.54, 1.807) is 19.2 Å². The Morgan fingerprint density at radius 3 is 2.40 bits per heavy atom. The standard InChI is InChI=1S/C16H16BrNO2/c1-20-15-5-3-2-4-14(15)16(19)18-11-13-8-6-12(10-17)7-9-13/h2-9H,10-11H2,1H3,(H,18,19). The lowest BCUT2D eigenvalue weighted by atomic mass is 10.1. The van der Waals surface area contributed by atoms with Gasteiger partial charge in [0.15, 0.2) is 0 Å². The van der Waals surface area contributed by atoms with E-state index in [1.165, 1.54) is 5.56 Å².